The van der Waals surface area contributed by atoms with Gasteiger partial charge < -0.3 is 5.32 Å². The molecule has 0 bridgehead atoms. The summed E-state index contributed by atoms with van der Waals surface area (Å²) in [5, 5.41) is 2.58. The molecule has 1 aromatic carbocycles. The Kier molecular flexibility index (Phi) is 4.32. The van der Waals surface area contributed by atoms with E-state index in [0.717, 1.165) is 9.37 Å². The van der Waals surface area contributed by atoms with Gasteiger partial charge in [0.05, 0.1) is 5.75 Å². The predicted octanol–water partition coefficient (Wildman–Crippen LogP) is 2.29. The number of nitrogens with one attached hydrogen (secondary N) is 1. The van der Waals surface area contributed by atoms with Crippen molar-refractivity contribution < 1.29 is 4.79 Å². The van der Waals surface area contributed by atoms with Crippen LogP contribution in [0.5, 0.6) is 0 Å². The van der Waals surface area contributed by atoms with Gasteiger partial charge in [0, 0.05) is 16.4 Å². The zero-order valence-corrected chi connectivity index (χ0v) is 9.61. The Morgan fingerprint density at radius 3 is 2.85 bits per heavy atom. The van der Waals surface area contributed by atoms with Crippen molar-refractivity contribution in [2.24, 2.45) is 0 Å². The van der Waals surface area contributed by atoms with Crippen molar-refractivity contribution in [3.05, 3.63) is 28.7 Å². The van der Waals surface area contributed by atoms with Gasteiger partial charge in [-0.2, -0.15) is 0 Å². The number of carbonyl (C=O) groups is 1. The van der Waals surface area contributed by atoms with E-state index in [2.05, 4.69) is 21.2 Å². The van der Waals surface area contributed by atoms with Crippen molar-refractivity contribution >= 4 is 33.6 Å². The van der Waals surface area contributed by atoms with Crippen molar-refractivity contribution in [1.82, 2.24) is 5.32 Å². The van der Waals surface area contributed by atoms with Gasteiger partial charge in [-0.1, -0.05) is 12.1 Å². The molecule has 0 spiro atoms. The topological polar surface area (TPSA) is 29.1 Å². The molecule has 70 valence electrons. The number of benzene rings is 1. The molecule has 0 heterocycles. The molecule has 0 atom stereocenters. The Balaban J connectivity index is 2.54. The Labute approximate surface area is 90.2 Å². The Bertz CT molecular complexity index is 303. The number of rotatable bonds is 3. The van der Waals surface area contributed by atoms with Gasteiger partial charge in [-0.25, -0.2) is 0 Å². The molecule has 1 aromatic rings. The Morgan fingerprint density at radius 1 is 1.54 bits per heavy atom. The van der Waals surface area contributed by atoms with Gasteiger partial charge in [0.1, 0.15) is 0 Å². The van der Waals surface area contributed by atoms with Crippen molar-refractivity contribution in [2.75, 3.05) is 12.8 Å². The number of halogens is 1. The van der Waals surface area contributed by atoms with Crippen LogP contribution in [0.25, 0.3) is 0 Å². The van der Waals surface area contributed by atoms with E-state index in [4.69, 9.17) is 0 Å². The minimum atomic E-state index is 0.0424. The number of hydrogen-bond donors (Lipinski definition) is 1. The molecule has 4 heteroatoms. The van der Waals surface area contributed by atoms with Gasteiger partial charge in [0.15, 0.2) is 0 Å². The molecule has 1 amide bonds. The maximum absolute atomic E-state index is 10.9. The molecule has 0 aromatic heterocycles. The lowest BCUT2D eigenvalue weighted by atomic mass is 10.4. The van der Waals surface area contributed by atoms with Crippen LogP contribution >= 0.6 is 27.7 Å². The van der Waals surface area contributed by atoms with Gasteiger partial charge >= 0.3 is 0 Å². The highest BCUT2D eigenvalue weighted by molar-refractivity contribution is 9.10. The molecule has 2 nitrogen and oxygen atoms in total. The summed E-state index contributed by atoms with van der Waals surface area (Å²) in [7, 11) is 1.64. The number of hydrogen-bond acceptors (Lipinski definition) is 2. The SMILES string of the molecule is CNC(=O)CSc1ccccc1Br. The predicted molar refractivity (Wildman–Crippen MR) is 58.9 cm³/mol. The van der Waals surface area contributed by atoms with E-state index in [1.165, 1.54) is 11.8 Å². The summed E-state index contributed by atoms with van der Waals surface area (Å²) in [6.45, 7) is 0. The van der Waals surface area contributed by atoms with E-state index in [-0.39, 0.29) is 5.91 Å². The monoisotopic (exact) mass is 259 g/mol. The molecule has 0 aliphatic rings. The van der Waals surface area contributed by atoms with Gasteiger partial charge in [-0.3, -0.25) is 4.79 Å². The zero-order valence-electron chi connectivity index (χ0n) is 7.21. The van der Waals surface area contributed by atoms with Crippen molar-refractivity contribution in [1.29, 1.82) is 0 Å². The zero-order chi connectivity index (χ0) is 9.68. The molecule has 0 saturated heterocycles. The van der Waals surface area contributed by atoms with Crippen molar-refractivity contribution in [3.8, 4) is 0 Å². The summed E-state index contributed by atoms with van der Waals surface area (Å²) in [5.74, 6) is 0.500. The Hall–Kier alpha value is -0.480. The quantitative estimate of drug-likeness (QED) is 0.845. The fourth-order valence-electron chi connectivity index (χ4n) is 0.777. The third-order valence-corrected chi connectivity index (χ3v) is 3.50. The Morgan fingerprint density at radius 2 is 2.23 bits per heavy atom. The second-order valence-electron chi connectivity index (χ2n) is 2.39. The average Bonchev–Trinajstić information content (AvgIpc) is 2.16. The smallest absolute Gasteiger partial charge is 0.230 e. The fourth-order valence-corrected chi connectivity index (χ4v) is 2.22. The van der Waals surface area contributed by atoms with Crippen LogP contribution in [0.2, 0.25) is 0 Å². The summed E-state index contributed by atoms with van der Waals surface area (Å²) in [6, 6.07) is 7.86. The van der Waals surface area contributed by atoms with E-state index in [1.54, 1.807) is 7.05 Å². The second-order valence-corrected chi connectivity index (χ2v) is 4.26. The average molecular weight is 260 g/mol. The third kappa shape index (κ3) is 3.40. The standard InChI is InChI=1S/C9H10BrNOS/c1-11-9(12)6-13-8-5-3-2-4-7(8)10/h2-5H,6H2,1H3,(H,11,12). The first-order valence-electron chi connectivity index (χ1n) is 3.82. The first-order chi connectivity index (χ1) is 6.24. The lowest BCUT2D eigenvalue weighted by molar-refractivity contribution is -0.118. The summed E-state index contributed by atoms with van der Waals surface area (Å²) >= 11 is 4.94. The summed E-state index contributed by atoms with van der Waals surface area (Å²) in [6.07, 6.45) is 0. The maximum Gasteiger partial charge on any atom is 0.230 e. The van der Waals surface area contributed by atoms with Crippen molar-refractivity contribution in [2.45, 2.75) is 4.90 Å². The summed E-state index contributed by atoms with van der Waals surface area (Å²) in [5.41, 5.74) is 0. The van der Waals surface area contributed by atoms with Crippen LogP contribution < -0.4 is 5.32 Å². The largest absolute Gasteiger partial charge is 0.358 e. The number of carbonyl (C=O) groups excluding carboxylic acids is 1. The highest BCUT2D eigenvalue weighted by Gasteiger charge is 2.02. The van der Waals surface area contributed by atoms with Gasteiger partial charge in [-0.15, -0.1) is 11.8 Å². The fraction of sp³-hybridized carbons (Fsp3) is 0.222. The molecule has 1 rings (SSSR count). The molecule has 0 radical (unpaired) electrons. The van der Waals surface area contributed by atoms with Crippen LogP contribution in [0.3, 0.4) is 0 Å². The van der Waals surface area contributed by atoms with E-state index in [0.29, 0.717) is 5.75 Å². The molecular weight excluding hydrogens is 250 g/mol. The van der Waals surface area contributed by atoms with Gasteiger partial charge in [0.2, 0.25) is 5.91 Å². The normalized spacial score (nSPS) is 9.69. The summed E-state index contributed by atoms with van der Waals surface area (Å²) in [4.78, 5) is 12.0. The molecule has 0 fully saturated rings. The lowest BCUT2D eigenvalue weighted by Crippen LogP contribution is -2.19. The maximum atomic E-state index is 10.9. The highest BCUT2D eigenvalue weighted by Crippen LogP contribution is 2.26. The van der Waals surface area contributed by atoms with E-state index >= 15 is 0 Å². The number of thioether (sulfide) groups is 1. The van der Waals surface area contributed by atoms with Crippen LogP contribution in [-0.2, 0) is 4.79 Å². The third-order valence-electron chi connectivity index (χ3n) is 1.47. The minimum Gasteiger partial charge on any atom is -0.358 e. The van der Waals surface area contributed by atoms with E-state index < -0.39 is 0 Å². The molecule has 0 unspecified atom stereocenters. The second kappa shape index (κ2) is 5.29. The van der Waals surface area contributed by atoms with Gasteiger partial charge in [-0.05, 0) is 28.1 Å². The molecule has 0 aliphatic heterocycles. The van der Waals surface area contributed by atoms with Crippen molar-refractivity contribution in [3.63, 3.8) is 0 Å². The van der Waals surface area contributed by atoms with E-state index in [9.17, 15) is 4.79 Å². The number of amides is 1. The van der Waals surface area contributed by atoms with Crippen LogP contribution in [0.4, 0.5) is 0 Å². The molecular formula is C9H10BrNOS. The van der Waals surface area contributed by atoms with Gasteiger partial charge in [0.25, 0.3) is 0 Å². The van der Waals surface area contributed by atoms with Crippen LogP contribution in [0.15, 0.2) is 33.6 Å². The molecule has 0 saturated carbocycles. The molecule has 0 aliphatic carbocycles. The van der Waals surface area contributed by atoms with E-state index in [1.807, 2.05) is 24.3 Å². The highest BCUT2D eigenvalue weighted by atomic mass is 79.9. The lowest BCUT2D eigenvalue weighted by Gasteiger charge is -2.02. The minimum absolute atomic E-state index is 0.0424. The first kappa shape index (κ1) is 10.6. The van der Waals surface area contributed by atoms with Crippen LogP contribution in [-0.4, -0.2) is 18.7 Å². The van der Waals surface area contributed by atoms with Crippen LogP contribution in [0.1, 0.15) is 0 Å². The van der Waals surface area contributed by atoms with Crippen LogP contribution in [0, 0.1) is 0 Å². The molecule has 13 heavy (non-hydrogen) atoms. The first-order valence-corrected chi connectivity index (χ1v) is 5.60. The molecule has 1 N–H and O–H groups in total. The summed E-state index contributed by atoms with van der Waals surface area (Å²) < 4.78 is 1.03.